The van der Waals surface area contributed by atoms with Crippen molar-refractivity contribution in [3.05, 3.63) is 54.0 Å². The number of sulfonamides is 1. The number of hydrogen-bond acceptors (Lipinski definition) is 4. The molecular weight excluding hydrogens is 283 g/mol. The maximum Gasteiger partial charge on any atom is 0.263 e. The van der Waals surface area contributed by atoms with Crippen LogP contribution in [0.1, 0.15) is 17.3 Å². The molecule has 0 aliphatic rings. The average molecular weight is 294 g/mol. The molecule has 1 aromatic carbocycles. The van der Waals surface area contributed by atoms with E-state index < -0.39 is 15.8 Å². The van der Waals surface area contributed by atoms with Crippen molar-refractivity contribution < 1.29 is 17.6 Å². The second kappa shape index (κ2) is 5.38. The number of carbonyl (C=O) groups is 1. The van der Waals surface area contributed by atoms with Gasteiger partial charge in [-0.2, -0.15) is 0 Å². The fourth-order valence-electron chi connectivity index (χ4n) is 1.50. The highest BCUT2D eigenvalue weighted by molar-refractivity contribution is 7.92. The molecule has 1 N–H and O–H groups in total. The molecule has 5 nitrogen and oxygen atoms in total. The van der Waals surface area contributed by atoms with Gasteiger partial charge in [-0.15, -0.1) is 0 Å². The molecular formula is C13H11FN2O3S. The van der Waals surface area contributed by atoms with Gasteiger partial charge in [-0.05, 0) is 31.2 Å². The van der Waals surface area contributed by atoms with Crippen molar-refractivity contribution in [2.24, 2.45) is 0 Å². The molecule has 0 aliphatic carbocycles. The van der Waals surface area contributed by atoms with Gasteiger partial charge in [0.1, 0.15) is 11.6 Å². The van der Waals surface area contributed by atoms with Gasteiger partial charge in [0.05, 0.1) is 11.1 Å². The molecule has 1 heterocycles. The third kappa shape index (κ3) is 3.18. The van der Waals surface area contributed by atoms with Crippen LogP contribution in [0, 0.1) is 5.82 Å². The number of aromatic nitrogens is 1. The molecule has 0 saturated heterocycles. The molecule has 0 saturated carbocycles. The number of hydrogen-bond donors (Lipinski definition) is 1. The van der Waals surface area contributed by atoms with Gasteiger partial charge in [-0.3, -0.25) is 9.52 Å². The molecule has 1 aromatic heterocycles. The molecule has 0 spiro atoms. The fraction of sp³-hybridized carbons (Fsp3) is 0.0769. The highest BCUT2D eigenvalue weighted by atomic mass is 32.2. The van der Waals surface area contributed by atoms with E-state index in [1.165, 1.54) is 37.3 Å². The molecule has 0 fully saturated rings. The third-order valence-corrected chi connectivity index (χ3v) is 3.91. The van der Waals surface area contributed by atoms with Gasteiger partial charge in [0.15, 0.2) is 5.78 Å². The molecule has 0 amide bonds. The largest absolute Gasteiger partial charge is 0.295 e. The maximum atomic E-state index is 12.7. The lowest BCUT2D eigenvalue weighted by atomic mass is 10.2. The highest BCUT2D eigenvalue weighted by Gasteiger charge is 2.15. The summed E-state index contributed by atoms with van der Waals surface area (Å²) in [5, 5.41) is 0. The molecule has 104 valence electrons. The van der Waals surface area contributed by atoms with E-state index in [9.17, 15) is 17.6 Å². The van der Waals surface area contributed by atoms with E-state index in [0.29, 0.717) is 5.56 Å². The first kappa shape index (κ1) is 14.1. The fourth-order valence-corrected chi connectivity index (χ4v) is 2.51. The van der Waals surface area contributed by atoms with E-state index in [1.54, 1.807) is 0 Å². The van der Waals surface area contributed by atoms with Crippen molar-refractivity contribution in [2.75, 3.05) is 4.72 Å². The standard InChI is InChI=1S/C13H11FN2O3S/c1-9(17)10-2-5-12(6-3-10)20(18,19)16-13-7-4-11(14)8-15-13/h2-8H,1H3,(H,15,16). The van der Waals surface area contributed by atoms with Crippen LogP contribution in [-0.4, -0.2) is 19.2 Å². The van der Waals surface area contributed by atoms with Crippen LogP contribution in [0.2, 0.25) is 0 Å². The molecule has 0 radical (unpaired) electrons. The Labute approximate surface area is 115 Å². The lowest BCUT2D eigenvalue weighted by molar-refractivity contribution is 0.101. The monoisotopic (exact) mass is 294 g/mol. The topological polar surface area (TPSA) is 76.1 Å². The van der Waals surface area contributed by atoms with Crippen molar-refractivity contribution in [2.45, 2.75) is 11.8 Å². The van der Waals surface area contributed by atoms with Crippen LogP contribution >= 0.6 is 0 Å². The number of benzene rings is 1. The molecule has 7 heteroatoms. The van der Waals surface area contributed by atoms with Crippen molar-refractivity contribution >= 4 is 21.6 Å². The highest BCUT2D eigenvalue weighted by Crippen LogP contribution is 2.15. The number of anilines is 1. The van der Waals surface area contributed by atoms with E-state index in [2.05, 4.69) is 9.71 Å². The van der Waals surface area contributed by atoms with E-state index in [4.69, 9.17) is 0 Å². The molecule has 2 rings (SSSR count). The molecule has 0 unspecified atom stereocenters. The number of carbonyl (C=O) groups excluding carboxylic acids is 1. The number of halogens is 1. The number of ketones is 1. The second-order valence-electron chi connectivity index (χ2n) is 4.05. The minimum Gasteiger partial charge on any atom is -0.295 e. The van der Waals surface area contributed by atoms with Gasteiger partial charge >= 0.3 is 0 Å². The van der Waals surface area contributed by atoms with Gasteiger partial charge in [0, 0.05) is 5.56 Å². The minimum absolute atomic E-state index is 0.00590. The summed E-state index contributed by atoms with van der Waals surface area (Å²) in [5.41, 5.74) is 0.420. The number of Topliss-reactive ketones (excluding diaryl/α,β-unsaturated/α-hetero) is 1. The van der Waals surface area contributed by atoms with Crippen LogP contribution in [0.5, 0.6) is 0 Å². The number of nitrogens with zero attached hydrogens (tertiary/aromatic N) is 1. The molecule has 0 atom stereocenters. The van der Waals surface area contributed by atoms with Crippen molar-refractivity contribution in [1.29, 1.82) is 0 Å². The van der Waals surface area contributed by atoms with Crippen LogP contribution in [0.3, 0.4) is 0 Å². The quantitative estimate of drug-likeness (QED) is 0.877. The Morgan fingerprint density at radius 1 is 1.15 bits per heavy atom. The smallest absolute Gasteiger partial charge is 0.263 e. The summed E-state index contributed by atoms with van der Waals surface area (Å²) in [4.78, 5) is 14.7. The summed E-state index contributed by atoms with van der Waals surface area (Å²) in [7, 11) is -3.81. The van der Waals surface area contributed by atoms with Crippen LogP contribution in [-0.2, 0) is 10.0 Å². The summed E-state index contributed by atoms with van der Waals surface area (Å²) in [5.74, 6) is -0.692. The van der Waals surface area contributed by atoms with E-state index in [0.717, 1.165) is 12.3 Å². The summed E-state index contributed by atoms with van der Waals surface area (Å²) in [6, 6.07) is 7.82. The van der Waals surface area contributed by atoms with Crippen molar-refractivity contribution in [3.8, 4) is 0 Å². The summed E-state index contributed by atoms with van der Waals surface area (Å²) in [6.07, 6.45) is 0.913. The van der Waals surface area contributed by atoms with E-state index in [1.807, 2.05) is 0 Å². The van der Waals surface area contributed by atoms with Gasteiger partial charge < -0.3 is 0 Å². The Morgan fingerprint density at radius 2 is 1.80 bits per heavy atom. The Hall–Kier alpha value is -2.28. The Morgan fingerprint density at radius 3 is 2.30 bits per heavy atom. The summed E-state index contributed by atoms with van der Waals surface area (Å²) < 4.78 is 39.0. The van der Waals surface area contributed by atoms with Gasteiger partial charge in [-0.1, -0.05) is 12.1 Å². The average Bonchev–Trinajstić information content (AvgIpc) is 2.41. The Bertz CT molecular complexity index is 725. The number of pyridine rings is 1. The lowest BCUT2D eigenvalue weighted by Gasteiger charge is -2.07. The summed E-state index contributed by atoms with van der Waals surface area (Å²) >= 11 is 0. The second-order valence-corrected chi connectivity index (χ2v) is 5.73. The molecule has 0 aliphatic heterocycles. The van der Waals surface area contributed by atoms with Crippen LogP contribution in [0.4, 0.5) is 10.2 Å². The van der Waals surface area contributed by atoms with Gasteiger partial charge in [0.2, 0.25) is 0 Å². The normalized spacial score (nSPS) is 11.1. The maximum absolute atomic E-state index is 12.7. The van der Waals surface area contributed by atoms with Gasteiger partial charge in [0.25, 0.3) is 10.0 Å². The summed E-state index contributed by atoms with van der Waals surface area (Å²) in [6.45, 7) is 1.39. The van der Waals surface area contributed by atoms with Gasteiger partial charge in [-0.25, -0.2) is 17.8 Å². The van der Waals surface area contributed by atoms with Crippen molar-refractivity contribution in [1.82, 2.24) is 4.98 Å². The lowest BCUT2D eigenvalue weighted by Crippen LogP contribution is -2.14. The first-order chi connectivity index (χ1) is 9.38. The molecule has 0 bridgehead atoms. The zero-order valence-electron chi connectivity index (χ0n) is 10.5. The Balaban J connectivity index is 2.26. The van der Waals surface area contributed by atoms with Crippen molar-refractivity contribution in [3.63, 3.8) is 0 Å². The zero-order chi connectivity index (χ0) is 14.8. The van der Waals surface area contributed by atoms with E-state index in [-0.39, 0.29) is 16.5 Å². The van der Waals surface area contributed by atoms with Crippen LogP contribution in [0.15, 0.2) is 47.5 Å². The minimum atomic E-state index is -3.81. The number of nitrogens with one attached hydrogen (secondary N) is 1. The Kier molecular flexibility index (Phi) is 3.80. The van der Waals surface area contributed by atoms with Crippen LogP contribution < -0.4 is 4.72 Å². The third-order valence-electron chi connectivity index (χ3n) is 2.54. The molecule has 2 aromatic rings. The first-order valence-corrected chi connectivity index (χ1v) is 7.12. The SMILES string of the molecule is CC(=O)c1ccc(S(=O)(=O)Nc2ccc(F)cn2)cc1. The predicted molar refractivity (Wildman–Crippen MR) is 71.5 cm³/mol. The zero-order valence-corrected chi connectivity index (χ0v) is 11.3. The van der Waals surface area contributed by atoms with Crippen LogP contribution in [0.25, 0.3) is 0 Å². The molecule has 20 heavy (non-hydrogen) atoms. The first-order valence-electron chi connectivity index (χ1n) is 5.64. The predicted octanol–water partition coefficient (Wildman–Crippen LogP) is 2.22. The van der Waals surface area contributed by atoms with E-state index >= 15 is 0 Å². The number of rotatable bonds is 4.